The van der Waals surface area contributed by atoms with E-state index < -0.39 is 5.91 Å². The van der Waals surface area contributed by atoms with Crippen LogP contribution in [0.15, 0.2) is 30.5 Å². The number of para-hydroxylation sites is 1. The van der Waals surface area contributed by atoms with E-state index in [0.29, 0.717) is 24.4 Å². The molecule has 33 heavy (non-hydrogen) atoms. The van der Waals surface area contributed by atoms with E-state index in [1.807, 2.05) is 23.2 Å². The molecule has 0 radical (unpaired) electrons. The standard InChI is InChI=1S/C25H38N6OS/c1-16(2)10-11-20(12-19-13-28-22-9-7-6-8-21(19)22)29-24(32)23(26)33-25(27)31-14-17(3)30(5)18(4)15-31/h6-9,13,16-18,20,26-28H,10-12,14-15H2,1-5H3,(H,29,32)/t17-,18+,20?. The van der Waals surface area contributed by atoms with Crippen molar-refractivity contribution in [2.75, 3.05) is 20.1 Å². The first kappa shape index (κ1) is 25.3. The molecule has 0 spiro atoms. The molecule has 3 rings (SSSR count). The van der Waals surface area contributed by atoms with E-state index in [0.717, 1.165) is 43.2 Å². The number of aromatic nitrogens is 1. The Balaban J connectivity index is 1.62. The highest BCUT2D eigenvalue weighted by molar-refractivity contribution is 8.27. The van der Waals surface area contributed by atoms with Crippen molar-refractivity contribution in [1.29, 1.82) is 10.8 Å². The average molecular weight is 471 g/mol. The number of H-pyrrole nitrogens is 1. The molecule has 1 aromatic carbocycles. The third kappa shape index (κ3) is 6.60. The molecule has 180 valence electrons. The fraction of sp³-hybridized carbons (Fsp3) is 0.560. The lowest BCUT2D eigenvalue weighted by molar-refractivity contribution is -0.115. The van der Waals surface area contributed by atoms with Gasteiger partial charge in [0.25, 0.3) is 5.91 Å². The maximum absolute atomic E-state index is 12.9. The van der Waals surface area contributed by atoms with Gasteiger partial charge >= 0.3 is 0 Å². The van der Waals surface area contributed by atoms with Crippen molar-refractivity contribution in [3.8, 4) is 0 Å². The minimum atomic E-state index is -0.395. The number of amidine groups is 1. The molecule has 1 aromatic heterocycles. The number of benzene rings is 1. The molecule has 8 heteroatoms. The van der Waals surface area contributed by atoms with Crippen molar-refractivity contribution >= 4 is 38.8 Å². The zero-order chi connectivity index (χ0) is 24.1. The van der Waals surface area contributed by atoms with Gasteiger partial charge in [-0.2, -0.15) is 0 Å². The molecule has 0 bridgehead atoms. The van der Waals surface area contributed by atoms with Crippen molar-refractivity contribution in [2.45, 2.75) is 65.1 Å². The van der Waals surface area contributed by atoms with Gasteiger partial charge in [-0.25, -0.2) is 0 Å². The molecule has 0 saturated carbocycles. The van der Waals surface area contributed by atoms with Gasteiger partial charge in [0.1, 0.15) is 0 Å². The van der Waals surface area contributed by atoms with Crippen LogP contribution in [0.2, 0.25) is 0 Å². The quantitative estimate of drug-likeness (QED) is 0.374. The molecule has 2 heterocycles. The number of fused-ring (bicyclic) bond motifs is 1. The normalized spacial score (nSPS) is 20.2. The molecule has 1 fully saturated rings. The number of nitrogens with one attached hydrogen (secondary N) is 4. The molecule has 1 saturated heterocycles. The van der Waals surface area contributed by atoms with E-state index in [9.17, 15) is 4.79 Å². The maximum atomic E-state index is 12.9. The van der Waals surface area contributed by atoms with Gasteiger partial charge < -0.3 is 15.2 Å². The Morgan fingerprint density at radius 3 is 2.52 bits per heavy atom. The monoisotopic (exact) mass is 470 g/mol. The first-order chi connectivity index (χ1) is 15.7. The maximum Gasteiger partial charge on any atom is 0.276 e. The summed E-state index contributed by atoms with van der Waals surface area (Å²) in [5, 5.41) is 21.2. The number of hydrogen-bond donors (Lipinski definition) is 4. The highest BCUT2D eigenvalue weighted by Gasteiger charge is 2.29. The van der Waals surface area contributed by atoms with E-state index in [2.05, 4.69) is 62.1 Å². The van der Waals surface area contributed by atoms with Crippen molar-refractivity contribution in [1.82, 2.24) is 20.1 Å². The van der Waals surface area contributed by atoms with Crippen molar-refractivity contribution in [3.63, 3.8) is 0 Å². The van der Waals surface area contributed by atoms with Crippen LogP contribution in [0.25, 0.3) is 10.9 Å². The first-order valence-corrected chi connectivity index (χ1v) is 12.6. The van der Waals surface area contributed by atoms with Crippen molar-refractivity contribution in [2.24, 2.45) is 5.92 Å². The molecule has 0 aliphatic carbocycles. The average Bonchev–Trinajstić information content (AvgIpc) is 3.18. The van der Waals surface area contributed by atoms with Gasteiger partial charge in [0.15, 0.2) is 10.2 Å². The van der Waals surface area contributed by atoms with Gasteiger partial charge in [-0.15, -0.1) is 0 Å². The Bertz CT molecular complexity index is 974. The minimum Gasteiger partial charge on any atom is -0.361 e. The smallest absolute Gasteiger partial charge is 0.276 e. The van der Waals surface area contributed by atoms with Crippen LogP contribution in [-0.2, 0) is 11.2 Å². The Kier molecular flexibility index (Phi) is 8.59. The fourth-order valence-electron chi connectivity index (χ4n) is 4.35. The van der Waals surface area contributed by atoms with Gasteiger partial charge in [-0.1, -0.05) is 32.0 Å². The number of carbonyl (C=O) groups is 1. The summed E-state index contributed by atoms with van der Waals surface area (Å²) < 4.78 is 0. The van der Waals surface area contributed by atoms with Crippen LogP contribution in [0.3, 0.4) is 0 Å². The summed E-state index contributed by atoms with van der Waals surface area (Å²) in [5.41, 5.74) is 2.26. The molecular weight excluding hydrogens is 432 g/mol. The number of likely N-dealkylation sites (N-methyl/N-ethyl adjacent to an activating group) is 1. The summed E-state index contributed by atoms with van der Waals surface area (Å²) in [7, 11) is 2.10. The number of nitrogens with zero attached hydrogens (tertiary/aromatic N) is 2. The second-order valence-corrected chi connectivity index (χ2v) is 10.7. The molecule has 1 aliphatic rings. The van der Waals surface area contributed by atoms with Crippen LogP contribution in [0.1, 0.15) is 46.1 Å². The third-order valence-electron chi connectivity index (χ3n) is 6.62. The highest BCUT2D eigenvalue weighted by Crippen LogP contribution is 2.22. The molecule has 1 aliphatic heterocycles. The summed E-state index contributed by atoms with van der Waals surface area (Å²) in [6, 6.07) is 8.79. The summed E-state index contributed by atoms with van der Waals surface area (Å²) in [5.74, 6) is 0.143. The molecule has 1 amide bonds. The van der Waals surface area contributed by atoms with Crippen LogP contribution < -0.4 is 5.32 Å². The number of amides is 1. The van der Waals surface area contributed by atoms with Crippen LogP contribution in [-0.4, -0.2) is 69.2 Å². The Labute approximate surface area is 201 Å². The van der Waals surface area contributed by atoms with Gasteiger partial charge in [0, 0.05) is 48.3 Å². The van der Waals surface area contributed by atoms with Gasteiger partial charge in [-0.05, 0) is 69.5 Å². The number of rotatable bonds is 6. The summed E-state index contributed by atoms with van der Waals surface area (Å²) in [6.07, 6.45) is 4.59. The molecule has 2 aromatic rings. The van der Waals surface area contributed by atoms with Crippen LogP contribution in [0, 0.1) is 16.7 Å². The lowest BCUT2D eigenvalue weighted by Crippen LogP contribution is -2.56. The molecule has 7 nitrogen and oxygen atoms in total. The zero-order valence-electron chi connectivity index (χ0n) is 20.4. The second-order valence-electron chi connectivity index (χ2n) is 9.71. The summed E-state index contributed by atoms with van der Waals surface area (Å²) in [4.78, 5) is 20.5. The van der Waals surface area contributed by atoms with Crippen LogP contribution in [0.5, 0.6) is 0 Å². The van der Waals surface area contributed by atoms with E-state index in [4.69, 9.17) is 10.8 Å². The molecule has 1 unspecified atom stereocenters. The number of carbonyl (C=O) groups excluding carboxylic acids is 1. The Morgan fingerprint density at radius 1 is 1.18 bits per heavy atom. The van der Waals surface area contributed by atoms with Gasteiger partial charge in [0.05, 0.1) is 0 Å². The van der Waals surface area contributed by atoms with Crippen LogP contribution in [0.4, 0.5) is 0 Å². The van der Waals surface area contributed by atoms with E-state index in [1.165, 1.54) is 10.9 Å². The molecule has 3 atom stereocenters. The Hall–Kier alpha value is -2.32. The largest absolute Gasteiger partial charge is 0.361 e. The second kappa shape index (κ2) is 11.2. The predicted octanol–water partition coefficient (Wildman–Crippen LogP) is 4.30. The fourth-order valence-corrected chi connectivity index (χ4v) is 4.98. The number of thioether (sulfide) groups is 1. The Morgan fingerprint density at radius 2 is 1.85 bits per heavy atom. The van der Waals surface area contributed by atoms with E-state index >= 15 is 0 Å². The minimum absolute atomic E-state index is 0.0575. The SMILES string of the molecule is CC(C)CCC(Cc1c[nH]c2ccccc12)NC(=O)C(=N)SC(=N)N1C[C@@H](C)N(C)[C@@H](C)C1. The number of hydrogen-bond acceptors (Lipinski definition) is 5. The molecular formula is C25H38N6OS. The highest BCUT2D eigenvalue weighted by atomic mass is 32.2. The number of piperazine rings is 1. The topological polar surface area (TPSA) is 99.1 Å². The lowest BCUT2D eigenvalue weighted by atomic mass is 9.97. The molecule has 4 N–H and O–H groups in total. The summed E-state index contributed by atoms with van der Waals surface area (Å²) >= 11 is 0.952. The van der Waals surface area contributed by atoms with Gasteiger partial charge in [0.2, 0.25) is 0 Å². The summed E-state index contributed by atoms with van der Waals surface area (Å²) in [6.45, 7) is 10.1. The van der Waals surface area contributed by atoms with E-state index in [1.54, 1.807) is 0 Å². The zero-order valence-corrected chi connectivity index (χ0v) is 21.3. The first-order valence-electron chi connectivity index (χ1n) is 11.8. The van der Waals surface area contributed by atoms with Crippen molar-refractivity contribution < 1.29 is 4.79 Å². The lowest BCUT2D eigenvalue weighted by Gasteiger charge is -2.43. The van der Waals surface area contributed by atoms with Crippen LogP contribution >= 0.6 is 11.8 Å². The predicted molar refractivity (Wildman–Crippen MR) is 139 cm³/mol. The number of aromatic amines is 1. The van der Waals surface area contributed by atoms with Gasteiger partial charge in [-0.3, -0.25) is 20.5 Å². The van der Waals surface area contributed by atoms with Crippen molar-refractivity contribution in [3.05, 3.63) is 36.0 Å². The third-order valence-corrected chi connectivity index (χ3v) is 7.46. The van der Waals surface area contributed by atoms with E-state index in [-0.39, 0.29) is 16.3 Å².